The first kappa shape index (κ1) is 22.6. The Hall–Kier alpha value is -3.10. The second-order valence-electron chi connectivity index (χ2n) is 6.78. The molecule has 3 aromatic rings. The molecule has 1 heterocycles. The number of nitrogens with one attached hydrogen (secondary N) is 1. The molecule has 0 unspecified atom stereocenters. The van der Waals surface area contributed by atoms with Crippen LogP contribution in [0.2, 0.25) is 5.02 Å². The average molecular weight is 460 g/mol. The monoisotopic (exact) mass is 459 g/mol. The molecule has 0 fully saturated rings. The van der Waals surface area contributed by atoms with E-state index < -0.39 is 22.5 Å². The maximum atomic E-state index is 13.4. The van der Waals surface area contributed by atoms with Gasteiger partial charge in [0.1, 0.15) is 12.3 Å². The van der Waals surface area contributed by atoms with Crippen LogP contribution in [0, 0.1) is 6.92 Å². The van der Waals surface area contributed by atoms with Crippen molar-refractivity contribution in [1.29, 1.82) is 0 Å². The van der Waals surface area contributed by atoms with E-state index in [2.05, 4.69) is 10.3 Å². The van der Waals surface area contributed by atoms with E-state index >= 15 is 0 Å². The molecule has 1 aromatic heterocycles. The molecule has 0 atom stereocenters. The Morgan fingerprint density at radius 1 is 1.16 bits per heavy atom. The standard InChI is InChI=1S/C22H22ClN3O4S/c1-16-5-8-19(9-6-16)31(28,29)26(18-7-10-21(30-2)20(23)12-18)15-22(27)25-14-17-4-3-11-24-13-17/h3-13H,14-15H2,1-2H3,(H,25,27). The Kier molecular flexibility index (Phi) is 7.14. The third-order valence-electron chi connectivity index (χ3n) is 4.53. The number of aromatic nitrogens is 1. The van der Waals surface area contributed by atoms with Crippen LogP contribution in [0.5, 0.6) is 5.75 Å². The molecule has 7 nitrogen and oxygen atoms in total. The number of pyridine rings is 1. The number of hydrogen-bond donors (Lipinski definition) is 1. The van der Waals surface area contributed by atoms with Gasteiger partial charge in [0.15, 0.2) is 0 Å². The largest absolute Gasteiger partial charge is 0.495 e. The van der Waals surface area contributed by atoms with Crippen LogP contribution < -0.4 is 14.4 Å². The van der Waals surface area contributed by atoms with Crippen molar-refractivity contribution in [2.24, 2.45) is 0 Å². The number of sulfonamides is 1. The van der Waals surface area contributed by atoms with E-state index in [1.165, 1.54) is 25.3 Å². The van der Waals surface area contributed by atoms with E-state index in [1.54, 1.807) is 42.7 Å². The third kappa shape index (κ3) is 5.53. The lowest BCUT2D eigenvalue weighted by Crippen LogP contribution is -2.40. The Morgan fingerprint density at radius 2 is 1.90 bits per heavy atom. The van der Waals surface area contributed by atoms with Gasteiger partial charge in [-0.25, -0.2) is 8.42 Å². The summed E-state index contributed by atoms with van der Waals surface area (Å²) in [5.41, 5.74) is 1.98. The maximum absolute atomic E-state index is 13.4. The van der Waals surface area contributed by atoms with Crippen molar-refractivity contribution in [2.75, 3.05) is 18.0 Å². The molecule has 0 aliphatic heterocycles. The highest BCUT2D eigenvalue weighted by Gasteiger charge is 2.27. The number of methoxy groups -OCH3 is 1. The molecule has 1 N–H and O–H groups in total. The average Bonchev–Trinajstić information content (AvgIpc) is 2.77. The molecule has 3 rings (SSSR count). The number of rotatable bonds is 8. The van der Waals surface area contributed by atoms with Crippen LogP contribution in [0.1, 0.15) is 11.1 Å². The molecule has 31 heavy (non-hydrogen) atoms. The summed E-state index contributed by atoms with van der Waals surface area (Å²) in [5, 5.41) is 2.96. The van der Waals surface area contributed by atoms with Crippen LogP contribution in [-0.4, -0.2) is 33.0 Å². The SMILES string of the molecule is COc1ccc(N(CC(=O)NCc2cccnc2)S(=O)(=O)c2ccc(C)cc2)cc1Cl. The van der Waals surface area contributed by atoms with Crippen molar-refractivity contribution in [1.82, 2.24) is 10.3 Å². The number of benzene rings is 2. The quantitative estimate of drug-likeness (QED) is 0.556. The molecule has 9 heteroatoms. The maximum Gasteiger partial charge on any atom is 0.264 e. The highest BCUT2D eigenvalue weighted by molar-refractivity contribution is 7.92. The topological polar surface area (TPSA) is 88.6 Å². The zero-order valence-corrected chi connectivity index (χ0v) is 18.7. The lowest BCUT2D eigenvalue weighted by atomic mass is 10.2. The van der Waals surface area contributed by atoms with Gasteiger partial charge in [0.2, 0.25) is 5.91 Å². The lowest BCUT2D eigenvalue weighted by Gasteiger charge is -2.24. The number of carbonyl (C=O) groups excluding carboxylic acids is 1. The zero-order valence-electron chi connectivity index (χ0n) is 17.1. The molecule has 0 aliphatic rings. The Balaban J connectivity index is 1.91. The number of ether oxygens (including phenoxy) is 1. The van der Waals surface area contributed by atoms with Crippen molar-refractivity contribution in [2.45, 2.75) is 18.4 Å². The van der Waals surface area contributed by atoms with Gasteiger partial charge >= 0.3 is 0 Å². The van der Waals surface area contributed by atoms with E-state index in [4.69, 9.17) is 16.3 Å². The van der Waals surface area contributed by atoms with Gasteiger partial charge < -0.3 is 10.1 Å². The molecule has 0 spiro atoms. The number of amides is 1. The number of hydrogen-bond acceptors (Lipinski definition) is 5. The molecule has 2 aromatic carbocycles. The van der Waals surface area contributed by atoms with Gasteiger partial charge in [-0.1, -0.05) is 35.4 Å². The molecule has 1 amide bonds. The van der Waals surface area contributed by atoms with Gasteiger partial charge in [-0.3, -0.25) is 14.1 Å². The number of anilines is 1. The Morgan fingerprint density at radius 3 is 2.52 bits per heavy atom. The van der Waals surface area contributed by atoms with Gasteiger partial charge in [0.05, 0.1) is 22.7 Å². The molecule has 0 saturated carbocycles. The second kappa shape index (κ2) is 9.80. The van der Waals surface area contributed by atoms with Crippen LogP contribution in [-0.2, 0) is 21.4 Å². The molecule has 0 radical (unpaired) electrons. The minimum atomic E-state index is -4.02. The fourth-order valence-corrected chi connectivity index (χ4v) is 4.52. The van der Waals surface area contributed by atoms with Gasteiger partial charge in [-0.2, -0.15) is 0 Å². The molecular weight excluding hydrogens is 438 g/mol. The Bertz CT molecular complexity index is 1150. The molecule has 0 aliphatic carbocycles. The smallest absolute Gasteiger partial charge is 0.264 e. The number of carbonyl (C=O) groups is 1. The van der Waals surface area contributed by atoms with E-state index in [0.29, 0.717) is 5.75 Å². The summed E-state index contributed by atoms with van der Waals surface area (Å²) in [6, 6.07) is 14.6. The van der Waals surface area contributed by atoms with Crippen LogP contribution in [0.3, 0.4) is 0 Å². The normalized spacial score (nSPS) is 11.1. The van der Waals surface area contributed by atoms with E-state index in [1.807, 2.05) is 13.0 Å². The summed E-state index contributed by atoms with van der Waals surface area (Å²) >= 11 is 6.21. The number of nitrogens with zero attached hydrogens (tertiary/aromatic N) is 2. The minimum Gasteiger partial charge on any atom is -0.495 e. The molecule has 162 valence electrons. The van der Waals surface area contributed by atoms with Gasteiger partial charge in [0, 0.05) is 18.9 Å². The summed E-state index contributed by atoms with van der Waals surface area (Å²) in [5.74, 6) is -0.0643. The van der Waals surface area contributed by atoms with Crippen molar-refractivity contribution in [3.63, 3.8) is 0 Å². The Labute approximate surface area is 186 Å². The highest BCUT2D eigenvalue weighted by atomic mass is 35.5. The first-order chi connectivity index (χ1) is 14.8. The molecule has 0 bridgehead atoms. The van der Waals surface area contributed by atoms with Gasteiger partial charge in [-0.05, 0) is 48.9 Å². The first-order valence-corrected chi connectivity index (χ1v) is 11.2. The van der Waals surface area contributed by atoms with E-state index in [0.717, 1.165) is 15.4 Å². The fraction of sp³-hybridized carbons (Fsp3) is 0.182. The minimum absolute atomic E-state index is 0.0742. The van der Waals surface area contributed by atoms with E-state index in [9.17, 15) is 13.2 Å². The lowest BCUT2D eigenvalue weighted by molar-refractivity contribution is -0.119. The number of halogens is 1. The van der Waals surface area contributed by atoms with Crippen LogP contribution >= 0.6 is 11.6 Å². The highest BCUT2D eigenvalue weighted by Crippen LogP contribution is 2.31. The summed E-state index contributed by atoms with van der Waals surface area (Å²) in [6.45, 7) is 1.68. The van der Waals surface area contributed by atoms with Crippen LogP contribution in [0.4, 0.5) is 5.69 Å². The van der Waals surface area contributed by atoms with Gasteiger partial charge in [-0.15, -0.1) is 0 Å². The van der Waals surface area contributed by atoms with Crippen molar-refractivity contribution >= 4 is 33.2 Å². The molecule has 0 saturated heterocycles. The van der Waals surface area contributed by atoms with E-state index in [-0.39, 0.29) is 22.2 Å². The predicted molar refractivity (Wildman–Crippen MR) is 120 cm³/mol. The molecular formula is C22H22ClN3O4S. The second-order valence-corrected chi connectivity index (χ2v) is 9.05. The van der Waals surface area contributed by atoms with Crippen molar-refractivity contribution in [3.8, 4) is 5.75 Å². The van der Waals surface area contributed by atoms with Gasteiger partial charge in [0.25, 0.3) is 10.0 Å². The van der Waals surface area contributed by atoms with Crippen LogP contribution in [0.25, 0.3) is 0 Å². The zero-order chi connectivity index (χ0) is 22.4. The third-order valence-corrected chi connectivity index (χ3v) is 6.62. The fourth-order valence-electron chi connectivity index (χ4n) is 2.85. The summed E-state index contributed by atoms with van der Waals surface area (Å²) < 4.78 is 32.9. The summed E-state index contributed by atoms with van der Waals surface area (Å²) in [7, 11) is -2.56. The van der Waals surface area contributed by atoms with Crippen molar-refractivity contribution < 1.29 is 17.9 Å². The number of aryl methyl sites for hydroxylation is 1. The van der Waals surface area contributed by atoms with Crippen LogP contribution in [0.15, 0.2) is 71.9 Å². The summed E-state index contributed by atoms with van der Waals surface area (Å²) in [6.07, 6.45) is 3.26. The van der Waals surface area contributed by atoms with Crippen molar-refractivity contribution in [3.05, 3.63) is 83.1 Å². The predicted octanol–water partition coefficient (Wildman–Crippen LogP) is 3.56. The summed E-state index contributed by atoms with van der Waals surface area (Å²) in [4.78, 5) is 16.7. The first-order valence-electron chi connectivity index (χ1n) is 9.40.